The van der Waals surface area contributed by atoms with Crippen LogP contribution in [0, 0.1) is 6.42 Å². The first-order valence-electron chi connectivity index (χ1n) is 9.23. The van der Waals surface area contributed by atoms with Crippen molar-refractivity contribution in [2.24, 2.45) is 5.73 Å². The van der Waals surface area contributed by atoms with Crippen LogP contribution >= 0.6 is 0 Å². The lowest BCUT2D eigenvalue weighted by Crippen LogP contribution is -2.60. The number of fused-ring (bicyclic) bond motifs is 2. The Balaban J connectivity index is 1.75. The normalized spacial score (nSPS) is 33.2. The number of amides is 3. The molecule has 0 aromatic carbocycles. The summed E-state index contributed by atoms with van der Waals surface area (Å²) in [5.41, 5.74) is 5.09. The van der Waals surface area contributed by atoms with Crippen LogP contribution in [0.25, 0.3) is 0 Å². The molecule has 1 unspecified atom stereocenters. The van der Waals surface area contributed by atoms with Gasteiger partial charge in [0.1, 0.15) is 5.54 Å². The predicted octanol–water partition coefficient (Wildman–Crippen LogP) is -0.156. The zero-order valence-electron chi connectivity index (χ0n) is 15.6. The van der Waals surface area contributed by atoms with Gasteiger partial charge in [-0.2, -0.15) is 0 Å². The van der Waals surface area contributed by atoms with E-state index < -0.39 is 15.4 Å². The SMILES string of the molecule is CN(C)C(=O)N(CCN1C2C[CH]C[C@@]1(C(N)=O)CC2)[C@@H]1CCS(=O)(=O)C1. The number of primary amides is 1. The van der Waals surface area contributed by atoms with Gasteiger partial charge in [0, 0.05) is 39.3 Å². The molecule has 3 aliphatic heterocycles. The first-order valence-corrected chi connectivity index (χ1v) is 11.0. The second-order valence-corrected chi connectivity index (χ2v) is 10.2. The van der Waals surface area contributed by atoms with Gasteiger partial charge in [-0.15, -0.1) is 0 Å². The van der Waals surface area contributed by atoms with Crippen molar-refractivity contribution in [3.63, 3.8) is 0 Å². The number of carbonyl (C=O) groups excluding carboxylic acids is 2. The molecule has 0 aromatic rings. The lowest BCUT2D eigenvalue weighted by Gasteiger charge is -2.44. The molecule has 3 aliphatic rings. The van der Waals surface area contributed by atoms with E-state index in [0.717, 1.165) is 19.3 Å². The largest absolute Gasteiger partial charge is 0.368 e. The molecule has 0 aromatic heterocycles. The molecular weight excluding hydrogens is 356 g/mol. The molecule has 0 aliphatic carbocycles. The second kappa shape index (κ2) is 6.99. The number of sulfone groups is 1. The topological polar surface area (TPSA) is 104 Å². The maximum absolute atomic E-state index is 12.6. The van der Waals surface area contributed by atoms with Crippen molar-refractivity contribution in [2.75, 3.05) is 38.7 Å². The first kappa shape index (κ1) is 19.4. The van der Waals surface area contributed by atoms with Gasteiger partial charge in [-0.25, -0.2) is 13.2 Å². The average Bonchev–Trinajstić information content (AvgIpc) is 3.01. The van der Waals surface area contributed by atoms with Crippen LogP contribution < -0.4 is 5.73 Å². The van der Waals surface area contributed by atoms with Gasteiger partial charge in [0.25, 0.3) is 0 Å². The van der Waals surface area contributed by atoms with E-state index in [-0.39, 0.29) is 35.5 Å². The third kappa shape index (κ3) is 3.43. The minimum Gasteiger partial charge on any atom is -0.368 e. The van der Waals surface area contributed by atoms with Gasteiger partial charge in [-0.05, 0) is 38.5 Å². The Morgan fingerprint density at radius 2 is 2.04 bits per heavy atom. The van der Waals surface area contributed by atoms with Crippen molar-refractivity contribution in [3.05, 3.63) is 6.42 Å². The molecule has 0 spiro atoms. The van der Waals surface area contributed by atoms with E-state index in [9.17, 15) is 18.0 Å². The van der Waals surface area contributed by atoms with Gasteiger partial charge >= 0.3 is 6.03 Å². The van der Waals surface area contributed by atoms with Gasteiger partial charge in [0.15, 0.2) is 9.84 Å². The van der Waals surface area contributed by atoms with E-state index in [1.165, 1.54) is 4.90 Å². The number of urea groups is 1. The van der Waals surface area contributed by atoms with Crippen LogP contribution in [0.15, 0.2) is 0 Å². The highest BCUT2D eigenvalue weighted by Gasteiger charge is 2.52. The van der Waals surface area contributed by atoms with Crippen molar-refractivity contribution >= 4 is 21.8 Å². The van der Waals surface area contributed by atoms with Crippen LogP contribution in [-0.2, 0) is 14.6 Å². The lowest BCUT2D eigenvalue weighted by atomic mass is 9.87. The quantitative estimate of drug-likeness (QED) is 0.708. The molecule has 2 bridgehead atoms. The zero-order valence-corrected chi connectivity index (χ0v) is 16.4. The Kier molecular flexibility index (Phi) is 5.22. The van der Waals surface area contributed by atoms with Gasteiger partial charge in [0.05, 0.1) is 11.5 Å². The highest BCUT2D eigenvalue weighted by Crippen LogP contribution is 2.43. The summed E-state index contributed by atoms with van der Waals surface area (Å²) < 4.78 is 23.7. The maximum Gasteiger partial charge on any atom is 0.319 e. The maximum atomic E-state index is 12.6. The van der Waals surface area contributed by atoms with Gasteiger partial charge in [0.2, 0.25) is 5.91 Å². The van der Waals surface area contributed by atoms with E-state index in [1.54, 1.807) is 19.0 Å². The third-order valence-electron chi connectivity index (χ3n) is 6.12. The number of rotatable bonds is 5. The average molecular weight is 386 g/mol. The molecule has 8 nitrogen and oxygen atoms in total. The molecule has 3 fully saturated rings. The molecule has 26 heavy (non-hydrogen) atoms. The lowest BCUT2D eigenvalue weighted by molar-refractivity contribution is -0.130. The van der Waals surface area contributed by atoms with Crippen LogP contribution in [-0.4, -0.2) is 91.4 Å². The molecule has 3 atom stereocenters. The zero-order chi connectivity index (χ0) is 19.1. The van der Waals surface area contributed by atoms with Gasteiger partial charge < -0.3 is 15.5 Å². The summed E-state index contributed by atoms with van der Waals surface area (Å²) in [4.78, 5) is 30.1. The molecule has 3 amide bonds. The molecule has 3 heterocycles. The summed E-state index contributed by atoms with van der Waals surface area (Å²) in [6.07, 6.45) is 5.87. The van der Waals surface area contributed by atoms with Crippen LogP contribution in [0.3, 0.4) is 0 Å². The van der Waals surface area contributed by atoms with Gasteiger partial charge in [-0.1, -0.05) is 0 Å². The molecule has 3 saturated heterocycles. The summed E-state index contributed by atoms with van der Waals surface area (Å²) in [7, 11) is 0.257. The number of carbonyl (C=O) groups is 2. The monoisotopic (exact) mass is 385 g/mol. The fourth-order valence-corrected chi connectivity index (χ4v) is 6.45. The Morgan fingerprint density at radius 3 is 2.62 bits per heavy atom. The molecule has 1 radical (unpaired) electrons. The number of piperidine rings is 1. The Bertz CT molecular complexity index is 676. The molecule has 147 valence electrons. The summed E-state index contributed by atoms with van der Waals surface area (Å²) in [6, 6.07) is -0.204. The first-order chi connectivity index (χ1) is 12.2. The smallest absolute Gasteiger partial charge is 0.319 e. The molecular formula is C17H29N4O4S. The van der Waals surface area contributed by atoms with E-state index in [2.05, 4.69) is 11.3 Å². The van der Waals surface area contributed by atoms with Crippen LogP contribution in [0.4, 0.5) is 4.79 Å². The van der Waals surface area contributed by atoms with Crippen molar-refractivity contribution in [1.82, 2.24) is 14.7 Å². The fourth-order valence-electron chi connectivity index (χ4n) is 4.72. The van der Waals surface area contributed by atoms with E-state index in [4.69, 9.17) is 5.73 Å². The highest BCUT2D eigenvalue weighted by atomic mass is 32.2. The Hall–Kier alpha value is -1.35. The third-order valence-corrected chi connectivity index (χ3v) is 7.87. The summed E-state index contributed by atoms with van der Waals surface area (Å²) in [5.74, 6) is -0.156. The van der Waals surface area contributed by atoms with Gasteiger partial charge in [-0.3, -0.25) is 9.69 Å². The molecule has 2 N–H and O–H groups in total. The number of nitrogens with two attached hydrogens (primary N) is 1. The number of nitrogens with zero attached hydrogens (tertiary/aromatic N) is 3. The standard InChI is InChI=1S/C17H29N4O4S/c1-19(2)16(23)20(14-6-11-26(24,25)12-14)9-10-21-13-4-3-7-17(21,8-5-13)15(18)22/h3,13-14H,4-12H2,1-2H3,(H2,18,22)/t13?,14-,17+/m1/s1. The minimum absolute atomic E-state index is 0.0186. The van der Waals surface area contributed by atoms with Crippen LogP contribution in [0.2, 0.25) is 0 Å². The molecule has 9 heteroatoms. The predicted molar refractivity (Wildman–Crippen MR) is 98.0 cm³/mol. The molecule has 3 rings (SSSR count). The second-order valence-electron chi connectivity index (χ2n) is 7.94. The van der Waals surface area contributed by atoms with E-state index in [1.807, 2.05) is 0 Å². The van der Waals surface area contributed by atoms with Crippen LogP contribution in [0.1, 0.15) is 32.1 Å². The van der Waals surface area contributed by atoms with E-state index >= 15 is 0 Å². The molecule has 0 saturated carbocycles. The van der Waals surface area contributed by atoms with Crippen molar-refractivity contribution < 1.29 is 18.0 Å². The summed E-state index contributed by atoms with van der Waals surface area (Å²) >= 11 is 0. The summed E-state index contributed by atoms with van der Waals surface area (Å²) in [6.45, 7) is 0.945. The minimum atomic E-state index is -3.08. The van der Waals surface area contributed by atoms with Crippen molar-refractivity contribution in [3.8, 4) is 0 Å². The number of hydrogen-bond acceptors (Lipinski definition) is 5. The summed E-state index contributed by atoms with van der Waals surface area (Å²) in [5, 5.41) is 0. The highest BCUT2D eigenvalue weighted by molar-refractivity contribution is 7.91. The Labute approximate surface area is 155 Å². The fraction of sp³-hybridized carbons (Fsp3) is 0.824. The van der Waals surface area contributed by atoms with Crippen molar-refractivity contribution in [1.29, 1.82) is 0 Å². The van der Waals surface area contributed by atoms with Crippen LogP contribution in [0.5, 0.6) is 0 Å². The number of hydrogen-bond donors (Lipinski definition) is 1. The van der Waals surface area contributed by atoms with Crippen molar-refractivity contribution in [2.45, 2.75) is 49.7 Å². The Morgan fingerprint density at radius 1 is 1.31 bits per heavy atom. The van der Waals surface area contributed by atoms with E-state index in [0.29, 0.717) is 25.9 Å².